The molecule has 10 heteroatoms. The summed E-state index contributed by atoms with van der Waals surface area (Å²) in [4.78, 5) is 19.1. The van der Waals surface area contributed by atoms with E-state index in [1.165, 1.54) is 11.8 Å². The zero-order chi connectivity index (χ0) is 22.2. The van der Waals surface area contributed by atoms with E-state index in [9.17, 15) is 13.2 Å². The summed E-state index contributed by atoms with van der Waals surface area (Å²) in [6.45, 7) is 1.84. The maximum atomic E-state index is 12.6. The fourth-order valence-electron chi connectivity index (χ4n) is 3.80. The number of nitrogens with zero attached hydrogens (tertiary/aromatic N) is 2. The molecule has 4 rings (SSSR count). The van der Waals surface area contributed by atoms with Gasteiger partial charge in [0.05, 0.1) is 42.1 Å². The number of hydrogen-bond acceptors (Lipinski definition) is 7. The Bertz CT molecular complexity index is 1150. The number of hydrogen-bond donors (Lipinski definition) is 1. The van der Waals surface area contributed by atoms with Crippen molar-refractivity contribution in [1.29, 1.82) is 0 Å². The zero-order valence-electron chi connectivity index (χ0n) is 17.0. The van der Waals surface area contributed by atoms with E-state index in [4.69, 9.17) is 16.3 Å². The predicted molar refractivity (Wildman–Crippen MR) is 126 cm³/mol. The molecule has 2 aromatic rings. The van der Waals surface area contributed by atoms with Crippen LogP contribution in [-0.4, -0.2) is 55.9 Å². The first-order valence-electron chi connectivity index (χ1n) is 9.67. The first kappa shape index (κ1) is 22.0. The van der Waals surface area contributed by atoms with Crippen molar-refractivity contribution in [3.05, 3.63) is 53.1 Å². The summed E-state index contributed by atoms with van der Waals surface area (Å²) >= 11 is 7.41. The number of amides is 1. The summed E-state index contributed by atoms with van der Waals surface area (Å²) < 4.78 is 29.9. The number of fused-ring (bicyclic) bond motifs is 1. The molecule has 7 nitrogen and oxygen atoms in total. The molecule has 1 N–H and O–H groups in total. The van der Waals surface area contributed by atoms with Crippen LogP contribution in [0.1, 0.15) is 5.56 Å². The van der Waals surface area contributed by atoms with Gasteiger partial charge in [-0.3, -0.25) is 9.79 Å². The number of benzene rings is 2. The number of thioether (sulfide) groups is 1. The van der Waals surface area contributed by atoms with Crippen LogP contribution in [-0.2, 0) is 14.6 Å². The lowest BCUT2D eigenvalue weighted by atomic mass is 10.1. The van der Waals surface area contributed by atoms with Crippen LogP contribution in [0.3, 0.4) is 0 Å². The van der Waals surface area contributed by atoms with Gasteiger partial charge in [-0.15, -0.1) is 0 Å². The number of carbonyl (C=O) groups excluding carboxylic acids is 1. The average molecular weight is 480 g/mol. The van der Waals surface area contributed by atoms with E-state index in [0.29, 0.717) is 21.6 Å². The number of halogens is 1. The lowest BCUT2D eigenvalue weighted by Gasteiger charge is -2.27. The number of amidine groups is 1. The molecule has 2 aliphatic heterocycles. The van der Waals surface area contributed by atoms with Crippen LogP contribution < -0.4 is 15.0 Å². The number of ether oxygens (including phenoxy) is 1. The molecule has 0 spiro atoms. The van der Waals surface area contributed by atoms with E-state index in [0.717, 1.165) is 11.3 Å². The van der Waals surface area contributed by atoms with Crippen molar-refractivity contribution in [1.82, 2.24) is 0 Å². The molecule has 1 fully saturated rings. The van der Waals surface area contributed by atoms with E-state index < -0.39 is 9.84 Å². The number of anilines is 2. The smallest absolute Gasteiger partial charge is 0.234 e. The largest absolute Gasteiger partial charge is 0.495 e. The van der Waals surface area contributed by atoms with Crippen molar-refractivity contribution in [2.45, 2.75) is 19.0 Å². The number of carbonyl (C=O) groups is 1. The normalized spacial score (nSPS) is 21.5. The summed E-state index contributed by atoms with van der Waals surface area (Å²) in [7, 11) is -1.59. The molecule has 2 aliphatic rings. The quantitative estimate of drug-likeness (QED) is 0.707. The molecule has 0 unspecified atom stereocenters. The number of para-hydroxylation sites is 2. The minimum absolute atomic E-state index is 0.0152. The van der Waals surface area contributed by atoms with Crippen molar-refractivity contribution >= 4 is 55.6 Å². The number of sulfone groups is 1. The first-order valence-corrected chi connectivity index (χ1v) is 12.9. The summed E-state index contributed by atoms with van der Waals surface area (Å²) in [6, 6.07) is 12.1. The van der Waals surface area contributed by atoms with Gasteiger partial charge in [0.25, 0.3) is 0 Å². The third-order valence-electron chi connectivity index (χ3n) is 5.33. The molecule has 1 saturated heterocycles. The average Bonchev–Trinajstić information content (AvgIpc) is 3.20. The lowest BCUT2D eigenvalue weighted by Crippen LogP contribution is -2.39. The van der Waals surface area contributed by atoms with Crippen LogP contribution in [0.2, 0.25) is 5.02 Å². The Labute approximate surface area is 190 Å². The number of methoxy groups -OCH3 is 1. The van der Waals surface area contributed by atoms with E-state index in [1.807, 2.05) is 36.1 Å². The highest BCUT2D eigenvalue weighted by molar-refractivity contribution is 8.14. The van der Waals surface area contributed by atoms with Crippen LogP contribution in [0.15, 0.2) is 47.5 Å². The third kappa shape index (κ3) is 4.53. The highest BCUT2D eigenvalue weighted by atomic mass is 35.5. The SMILES string of the molecule is COc1ccccc1N1C(SCC(=O)Nc2cccc(Cl)c2C)=N[C@H]2CS(=O)(=O)C[C@@H]21. The van der Waals surface area contributed by atoms with Gasteiger partial charge < -0.3 is 15.0 Å². The first-order chi connectivity index (χ1) is 14.8. The Morgan fingerprint density at radius 1 is 1.26 bits per heavy atom. The molecule has 0 radical (unpaired) electrons. The van der Waals surface area contributed by atoms with Crippen LogP contribution in [0.5, 0.6) is 5.75 Å². The van der Waals surface area contributed by atoms with E-state index >= 15 is 0 Å². The van der Waals surface area contributed by atoms with Gasteiger partial charge in [-0.1, -0.05) is 41.6 Å². The zero-order valence-corrected chi connectivity index (χ0v) is 19.4. The Morgan fingerprint density at radius 3 is 2.81 bits per heavy atom. The third-order valence-corrected chi connectivity index (χ3v) is 8.40. The summed E-state index contributed by atoms with van der Waals surface area (Å²) in [5.74, 6) is 0.601. The summed E-state index contributed by atoms with van der Waals surface area (Å²) in [6.07, 6.45) is 0. The van der Waals surface area contributed by atoms with E-state index in [2.05, 4.69) is 10.3 Å². The van der Waals surface area contributed by atoms with Crippen molar-refractivity contribution in [3.8, 4) is 5.75 Å². The van der Waals surface area contributed by atoms with Gasteiger partial charge in [-0.05, 0) is 36.8 Å². The molecular weight excluding hydrogens is 458 g/mol. The van der Waals surface area contributed by atoms with Gasteiger partial charge in [0.15, 0.2) is 15.0 Å². The lowest BCUT2D eigenvalue weighted by molar-refractivity contribution is -0.113. The van der Waals surface area contributed by atoms with Gasteiger partial charge in [0.2, 0.25) is 5.91 Å². The van der Waals surface area contributed by atoms with Gasteiger partial charge in [0, 0.05) is 10.7 Å². The molecule has 1 amide bonds. The molecule has 0 aliphatic carbocycles. The number of rotatable bonds is 5. The minimum atomic E-state index is -3.16. The van der Waals surface area contributed by atoms with Crippen LogP contribution in [0.25, 0.3) is 0 Å². The maximum Gasteiger partial charge on any atom is 0.234 e. The van der Waals surface area contributed by atoms with Crippen molar-refractivity contribution < 1.29 is 17.9 Å². The van der Waals surface area contributed by atoms with Crippen molar-refractivity contribution in [2.24, 2.45) is 4.99 Å². The van der Waals surface area contributed by atoms with Crippen LogP contribution in [0, 0.1) is 6.92 Å². The fourth-order valence-corrected chi connectivity index (χ4v) is 6.74. The summed E-state index contributed by atoms with van der Waals surface area (Å²) in [5.41, 5.74) is 2.21. The molecule has 164 valence electrons. The second-order valence-electron chi connectivity index (χ2n) is 7.41. The Hall–Kier alpha value is -2.23. The fraction of sp³-hybridized carbons (Fsp3) is 0.333. The van der Waals surface area contributed by atoms with E-state index in [-0.39, 0.29) is 35.2 Å². The second kappa shape index (κ2) is 8.72. The Balaban J connectivity index is 1.54. The minimum Gasteiger partial charge on any atom is -0.495 e. The Kier molecular flexibility index (Phi) is 6.18. The highest BCUT2D eigenvalue weighted by Crippen LogP contribution is 2.39. The topological polar surface area (TPSA) is 88.1 Å². The van der Waals surface area contributed by atoms with Crippen molar-refractivity contribution in [3.63, 3.8) is 0 Å². The molecule has 0 bridgehead atoms. The van der Waals surface area contributed by atoms with Gasteiger partial charge in [-0.2, -0.15) is 0 Å². The van der Waals surface area contributed by atoms with Gasteiger partial charge in [-0.25, -0.2) is 8.42 Å². The molecular formula is C21H22ClN3O4S2. The number of nitrogens with one attached hydrogen (secondary N) is 1. The standard InChI is InChI=1S/C21H22ClN3O4S2/c1-13-14(22)6-5-7-15(13)23-20(26)10-30-21-24-16-11-31(27,28)12-18(16)25(21)17-8-3-4-9-19(17)29-2/h3-9,16,18H,10-12H2,1-2H3,(H,23,26)/t16-,18-/m0/s1. The molecule has 2 aromatic carbocycles. The monoisotopic (exact) mass is 479 g/mol. The van der Waals surface area contributed by atoms with Gasteiger partial charge >= 0.3 is 0 Å². The molecule has 2 atom stereocenters. The predicted octanol–water partition coefficient (Wildman–Crippen LogP) is 3.37. The summed E-state index contributed by atoms with van der Waals surface area (Å²) in [5, 5.41) is 4.08. The molecule has 2 heterocycles. The molecule has 31 heavy (non-hydrogen) atoms. The van der Waals surface area contributed by atoms with Gasteiger partial charge in [0.1, 0.15) is 5.75 Å². The molecule has 0 saturated carbocycles. The van der Waals surface area contributed by atoms with Crippen molar-refractivity contribution in [2.75, 3.05) is 34.6 Å². The van der Waals surface area contributed by atoms with Crippen LogP contribution >= 0.6 is 23.4 Å². The highest BCUT2D eigenvalue weighted by Gasteiger charge is 2.47. The molecule has 0 aromatic heterocycles. The van der Waals surface area contributed by atoms with Crippen LogP contribution in [0.4, 0.5) is 11.4 Å². The Morgan fingerprint density at radius 2 is 2.03 bits per heavy atom. The number of aliphatic imine (C=N–C) groups is 1. The van der Waals surface area contributed by atoms with E-state index in [1.54, 1.807) is 25.3 Å². The maximum absolute atomic E-state index is 12.6. The second-order valence-corrected chi connectivity index (χ2v) is 10.9.